The number of carboxylic acid groups (broad SMARTS) is 1. The molecule has 0 unspecified atom stereocenters. The molecule has 0 fully saturated rings. The van der Waals surface area contributed by atoms with E-state index in [1.807, 2.05) is 6.92 Å². The number of aromatic hydroxyl groups is 1. The number of benzene rings is 2. The Balaban J connectivity index is 2.23. The third kappa shape index (κ3) is 7.45. The second kappa shape index (κ2) is 11.5. The smallest absolute Gasteiger partial charge is 0.412 e. The molecule has 160 valence electrons. The molecule has 0 aliphatic rings. The number of ether oxygens (including phenoxy) is 1. The van der Waals surface area contributed by atoms with Gasteiger partial charge < -0.3 is 14.9 Å². The predicted octanol–water partition coefficient (Wildman–Crippen LogP) is 7.03. The second-order valence-corrected chi connectivity index (χ2v) is 9.26. The number of phenols is 1. The molecule has 0 heterocycles. The van der Waals surface area contributed by atoms with Crippen molar-refractivity contribution < 1.29 is 24.5 Å². The molecule has 9 heteroatoms. The van der Waals surface area contributed by atoms with Gasteiger partial charge in [0.05, 0.1) is 4.47 Å². The number of aliphatic carboxylic acids is 1. The van der Waals surface area contributed by atoms with Crippen molar-refractivity contribution in [3.05, 3.63) is 67.5 Å². The van der Waals surface area contributed by atoms with E-state index < -0.39 is 18.2 Å². The lowest BCUT2D eigenvalue weighted by Crippen LogP contribution is -2.22. The van der Waals surface area contributed by atoms with Gasteiger partial charge in [0.2, 0.25) is 0 Å². The summed E-state index contributed by atoms with van der Waals surface area (Å²) in [6.45, 7) is 1.88. The minimum atomic E-state index is -1.02. The van der Waals surface area contributed by atoms with Crippen LogP contribution in [0.4, 0.5) is 10.5 Å². The number of carbonyl (C=O) groups is 2. The quantitative estimate of drug-likeness (QED) is 0.281. The number of anilines is 1. The normalized spacial score (nSPS) is 13.1. The van der Waals surface area contributed by atoms with Gasteiger partial charge in [0.25, 0.3) is 0 Å². The standard InChI is InChI=1S/C21H20Br3NO5/c1-12(4-2-3-5-18(26)27)20(16-10-14(23)11-17(24)19(16)28)30-21(29)25-15-8-6-13(22)7-9-15/h3,5-12,20,28H,2,4H2,1H3,(H,25,29)(H,26,27)/b5-3+/t12-,20+/m1/s1. The van der Waals surface area contributed by atoms with Gasteiger partial charge in [-0.05, 0) is 71.1 Å². The van der Waals surface area contributed by atoms with Crippen LogP contribution in [0.3, 0.4) is 0 Å². The largest absolute Gasteiger partial charge is 0.506 e. The van der Waals surface area contributed by atoms with Crippen LogP contribution in [0, 0.1) is 5.92 Å². The highest BCUT2D eigenvalue weighted by Gasteiger charge is 2.27. The van der Waals surface area contributed by atoms with Gasteiger partial charge in [-0.25, -0.2) is 9.59 Å². The van der Waals surface area contributed by atoms with Gasteiger partial charge in [0.1, 0.15) is 11.9 Å². The van der Waals surface area contributed by atoms with Gasteiger partial charge in [-0.15, -0.1) is 0 Å². The van der Waals surface area contributed by atoms with E-state index in [0.29, 0.717) is 33.0 Å². The van der Waals surface area contributed by atoms with Crippen molar-refractivity contribution in [1.82, 2.24) is 0 Å². The number of allylic oxidation sites excluding steroid dienone is 1. The van der Waals surface area contributed by atoms with Crippen LogP contribution in [0.2, 0.25) is 0 Å². The summed E-state index contributed by atoms with van der Waals surface area (Å²) in [5, 5.41) is 21.9. The Labute approximate surface area is 199 Å². The zero-order valence-electron chi connectivity index (χ0n) is 15.9. The number of hydrogen-bond donors (Lipinski definition) is 3. The van der Waals surface area contributed by atoms with E-state index in [9.17, 15) is 14.7 Å². The number of nitrogens with one attached hydrogen (secondary N) is 1. The molecule has 0 radical (unpaired) electrons. The molecule has 1 amide bonds. The van der Waals surface area contributed by atoms with Crippen molar-refractivity contribution in [2.45, 2.75) is 25.9 Å². The molecule has 0 aromatic heterocycles. The van der Waals surface area contributed by atoms with Gasteiger partial charge in [0.15, 0.2) is 0 Å². The summed E-state index contributed by atoms with van der Waals surface area (Å²) in [4.78, 5) is 23.2. The molecule has 0 bridgehead atoms. The zero-order valence-corrected chi connectivity index (χ0v) is 20.7. The maximum atomic E-state index is 12.5. The molecule has 6 nitrogen and oxygen atoms in total. The highest BCUT2D eigenvalue weighted by Crippen LogP contribution is 2.40. The Bertz CT molecular complexity index is 931. The molecule has 30 heavy (non-hydrogen) atoms. The fourth-order valence-corrected chi connectivity index (χ4v) is 4.30. The number of halogens is 3. The number of carbonyl (C=O) groups excluding carboxylic acids is 1. The SMILES string of the molecule is C[C@H](CC/C=C/C(=O)O)[C@H](OC(=O)Nc1ccc(Br)cc1)c1cc(Br)cc(Br)c1O. The van der Waals surface area contributed by atoms with Crippen LogP contribution in [0.1, 0.15) is 31.4 Å². The molecule has 3 N–H and O–H groups in total. The summed E-state index contributed by atoms with van der Waals surface area (Å²) in [7, 11) is 0. The minimum Gasteiger partial charge on any atom is -0.506 e. The average molecular weight is 606 g/mol. The van der Waals surface area contributed by atoms with E-state index in [0.717, 1.165) is 10.5 Å². The van der Waals surface area contributed by atoms with Crippen LogP contribution in [0.15, 0.2) is 62.0 Å². The van der Waals surface area contributed by atoms with Gasteiger partial charge in [-0.2, -0.15) is 0 Å². The second-order valence-electron chi connectivity index (χ2n) is 6.58. The molecule has 2 aromatic carbocycles. The summed E-state index contributed by atoms with van der Waals surface area (Å²) in [5.74, 6) is -1.24. The van der Waals surface area contributed by atoms with E-state index >= 15 is 0 Å². The maximum absolute atomic E-state index is 12.5. The first-order chi connectivity index (χ1) is 14.2. The minimum absolute atomic E-state index is 0.0208. The van der Waals surface area contributed by atoms with E-state index in [1.165, 1.54) is 0 Å². The summed E-state index contributed by atoms with van der Waals surface area (Å²) in [5.41, 5.74) is 1.01. The molecular formula is C21H20Br3NO5. The van der Waals surface area contributed by atoms with Crippen LogP contribution < -0.4 is 5.32 Å². The van der Waals surface area contributed by atoms with Crippen molar-refractivity contribution in [3.8, 4) is 5.75 Å². The van der Waals surface area contributed by atoms with Crippen LogP contribution in [0.5, 0.6) is 5.75 Å². The number of amides is 1. The third-order valence-electron chi connectivity index (χ3n) is 4.25. The zero-order chi connectivity index (χ0) is 22.3. The van der Waals surface area contributed by atoms with E-state index in [-0.39, 0.29) is 11.7 Å². The topological polar surface area (TPSA) is 95.9 Å². The Kier molecular flexibility index (Phi) is 9.38. The Morgan fingerprint density at radius 2 is 1.80 bits per heavy atom. The van der Waals surface area contributed by atoms with Crippen LogP contribution in [-0.2, 0) is 9.53 Å². The lowest BCUT2D eigenvalue weighted by molar-refractivity contribution is -0.131. The Morgan fingerprint density at radius 1 is 1.13 bits per heavy atom. The predicted molar refractivity (Wildman–Crippen MR) is 126 cm³/mol. The first-order valence-electron chi connectivity index (χ1n) is 8.98. The lowest BCUT2D eigenvalue weighted by Gasteiger charge is -2.26. The summed E-state index contributed by atoms with van der Waals surface area (Å²) in [6, 6.07) is 10.4. The first kappa shape index (κ1) is 24.4. The summed E-state index contributed by atoms with van der Waals surface area (Å²) in [6.07, 6.45) is 2.24. The monoisotopic (exact) mass is 603 g/mol. The highest BCUT2D eigenvalue weighted by molar-refractivity contribution is 9.11. The van der Waals surface area contributed by atoms with E-state index in [2.05, 4.69) is 53.1 Å². The van der Waals surface area contributed by atoms with Crippen molar-refractivity contribution in [2.24, 2.45) is 5.92 Å². The molecule has 2 rings (SSSR count). The summed E-state index contributed by atoms with van der Waals surface area (Å²) >= 11 is 10.0. The molecule has 0 saturated heterocycles. The van der Waals surface area contributed by atoms with Gasteiger partial charge >= 0.3 is 12.1 Å². The summed E-state index contributed by atoms with van der Waals surface area (Å²) < 4.78 is 7.75. The lowest BCUT2D eigenvalue weighted by atomic mass is 9.92. The van der Waals surface area contributed by atoms with Crippen molar-refractivity contribution in [3.63, 3.8) is 0 Å². The van der Waals surface area contributed by atoms with Gasteiger partial charge in [-0.3, -0.25) is 5.32 Å². The van der Waals surface area contributed by atoms with E-state index in [4.69, 9.17) is 9.84 Å². The van der Waals surface area contributed by atoms with Crippen LogP contribution in [-0.4, -0.2) is 22.3 Å². The number of phenolic OH excluding ortho intramolecular Hbond substituents is 1. The Morgan fingerprint density at radius 3 is 2.43 bits per heavy atom. The van der Waals surface area contributed by atoms with Crippen LogP contribution in [0.25, 0.3) is 0 Å². The highest BCUT2D eigenvalue weighted by atomic mass is 79.9. The third-order valence-corrected chi connectivity index (χ3v) is 5.85. The first-order valence-corrected chi connectivity index (χ1v) is 11.4. The number of rotatable bonds is 8. The van der Waals surface area contributed by atoms with Crippen LogP contribution >= 0.6 is 47.8 Å². The molecule has 2 aromatic rings. The fraction of sp³-hybridized carbons (Fsp3) is 0.238. The van der Waals surface area contributed by atoms with Crippen molar-refractivity contribution in [2.75, 3.05) is 5.32 Å². The van der Waals surface area contributed by atoms with Gasteiger partial charge in [-0.1, -0.05) is 44.9 Å². The molecular weight excluding hydrogens is 586 g/mol. The molecule has 0 aliphatic carbocycles. The Hall–Kier alpha value is -1.84. The number of carboxylic acids is 1. The van der Waals surface area contributed by atoms with Crippen molar-refractivity contribution >= 4 is 65.5 Å². The maximum Gasteiger partial charge on any atom is 0.412 e. The fourth-order valence-electron chi connectivity index (χ4n) is 2.78. The van der Waals surface area contributed by atoms with E-state index in [1.54, 1.807) is 42.5 Å². The van der Waals surface area contributed by atoms with Crippen molar-refractivity contribution in [1.29, 1.82) is 0 Å². The molecule has 0 aliphatic heterocycles. The average Bonchev–Trinajstić information content (AvgIpc) is 2.68. The molecule has 0 saturated carbocycles. The molecule has 0 spiro atoms. The van der Waals surface area contributed by atoms with Gasteiger partial charge in [0, 0.05) is 26.3 Å². The number of hydrogen-bond acceptors (Lipinski definition) is 4. The molecule has 2 atom stereocenters.